The molecule has 0 aliphatic carbocycles. The lowest BCUT2D eigenvalue weighted by molar-refractivity contribution is 1.29. The molecule has 1 heteroatoms. The van der Waals surface area contributed by atoms with Gasteiger partial charge < -0.3 is 12.6 Å². The lowest BCUT2D eigenvalue weighted by Crippen LogP contribution is -1.74. The Bertz CT molecular complexity index is 80.4. The topological polar surface area (TPSA) is 0 Å². The Labute approximate surface area is 50.3 Å². The van der Waals surface area contributed by atoms with E-state index in [0.29, 0.717) is 11.3 Å². The second-order valence-electron chi connectivity index (χ2n) is 1.47. The van der Waals surface area contributed by atoms with Crippen LogP contribution in [0, 0.1) is 6.92 Å². The van der Waals surface area contributed by atoms with Crippen molar-refractivity contribution in [3.8, 4) is 0 Å². The average Bonchev–Trinajstić information content (AvgIpc) is 1.27. The second-order valence-corrected chi connectivity index (χ2v) is 2.04. The number of hydrogen-bond acceptors (Lipinski definition) is 1. The van der Waals surface area contributed by atoms with Crippen molar-refractivity contribution in [2.75, 3.05) is 0 Å². The predicted octanol–water partition coefficient (Wildman–Crippen LogP) is 1.83. The van der Waals surface area contributed by atoms with Gasteiger partial charge in [-0.05, 0) is 0 Å². The highest BCUT2D eigenvalue weighted by Gasteiger charge is 1.84. The standard InChI is InChI=1S/C6H8S/c1-5(2)4-6(3)7/h1-4H2. The van der Waals surface area contributed by atoms with Gasteiger partial charge in [0, 0.05) is 19.9 Å². The first kappa shape index (κ1) is 6.57. The van der Waals surface area contributed by atoms with Crippen molar-refractivity contribution in [2.45, 2.75) is 6.42 Å². The molecule has 38 valence electrons. The van der Waals surface area contributed by atoms with E-state index in [0.717, 1.165) is 5.57 Å². The highest BCUT2D eigenvalue weighted by atomic mass is 32.1. The molecule has 0 atom stereocenters. The van der Waals surface area contributed by atoms with E-state index in [1.807, 2.05) is 0 Å². The van der Waals surface area contributed by atoms with Crippen LogP contribution in [0.25, 0.3) is 0 Å². The molecule has 0 aliphatic rings. The molecule has 0 bridgehead atoms. The van der Waals surface area contributed by atoms with Crippen molar-refractivity contribution >= 4 is 12.6 Å². The van der Waals surface area contributed by atoms with Gasteiger partial charge in [-0.1, -0.05) is 0 Å². The van der Waals surface area contributed by atoms with E-state index < -0.39 is 0 Å². The quantitative estimate of drug-likeness (QED) is 0.388. The Morgan fingerprint density at radius 1 is 1.57 bits per heavy atom. The van der Waals surface area contributed by atoms with Gasteiger partial charge in [0.25, 0.3) is 0 Å². The van der Waals surface area contributed by atoms with Gasteiger partial charge in [0.1, 0.15) is 0 Å². The van der Waals surface area contributed by atoms with Crippen molar-refractivity contribution in [2.24, 2.45) is 0 Å². The summed E-state index contributed by atoms with van der Waals surface area (Å²) in [7, 11) is 0. The van der Waals surface area contributed by atoms with Gasteiger partial charge in [-0.15, -0.1) is 6.58 Å². The van der Waals surface area contributed by atoms with Gasteiger partial charge in [0.15, 0.2) is 0 Å². The highest BCUT2D eigenvalue weighted by Crippen LogP contribution is 2.01. The molecule has 7 heavy (non-hydrogen) atoms. The maximum atomic E-state index is 4.66. The molecule has 0 aromatic heterocycles. The van der Waals surface area contributed by atoms with E-state index in [1.165, 1.54) is 0 Å². The molecule has 0 saturated carbocycles. The Kier molecular flexibility index (Phi) is 2.53. The third-order valence-corrected chi connectivity index (χ3v) is 0.592. The molecule has 0 fully saturated rings. The van der Waals surface area contributed by atoms with Gasteiger partial charge in [-0.3, -0.25) is 0 Å². The first-order chi connectivity index (χ1) is 3.13. The van der Waals surface area contributed by atoms with Crippen LogP contribution in [0.5, 0.6) is 0 Å². The summed E-state index contributed by atoms with van der Waals surface area (Å²) in [6.45, 7) is 10.6. The van der Waals surface area contributed by atoms with E-state index in [4.69, 9.17) is 0 Å². The molecule has 0 saturated heterocycles. The summed E-state index contributed by atoms with van der Waals surface area (Å²) in [6.07, 6.45) is 0.676. The smallest absolute Gasteiger partial charge is 0.0986 e. The third-order valence-electron chi connectivity index (χ3n) is 0.447. The van der Waals surface area contributed by atoms with Crippen LogP contribution in [-0.2, 0) is 12.6 Å². The van der Waals surface area contributed by atoms with Crippen molar-refractivity contribution in [3.63, 3.8) is 0 Å². The molecule has 0 N–H and O–H groups in total. The molecular weight excluding hydrogens is 104 g/mol. The van der Waals surface area contributed by atoms with E-state index in [2.05, 4.69) is 32.7 Å². The van der Waals surface area contributed by atoms with Crippen molar-refractivity contribution in [3.05, 3.63) is 30.6 Å². The molecule has 0 rings (SSSR count). The van der Waals surface area contributed by atoms with Crippen molar-refractivity contribution in [1.29, 1.82) is 0 Å². The summed E-state index contributed by atoms with van der Waals surface area (Å²) in [4.78, 5) is 0.708. The van der Waals surface area contributed by atoms with Gasteiger partial charge in [0.05, 0.1) is 5.57 Å². The van der Waals surface area contributed by atoms with Crippen LogP contribution < -0.4 is 0 Å². The fourth-order valence-electron chi connectivity index (χ4n) is 0.279. The van der Waals surface area contributed by atoms with Crippen LogP contribution >= 0.6 is 0 Å². The normalized spacial score (nSPS) is 8.00. The molecule has 0 spiro atoms. The lowest BCUT2D eigenvalue weighted by Gasteiger charge is -2.02. The number of hydrogen-bond donors (Lipinski definition) is 0. The van der Waals surface area contributed by atoms with Gasteiger partial charge in [0.2, 0.25) is 0 Å². The van der Waals surface area contributed by atoms with Gasteiger partial charge in [-0.25, -0.2) is 0 Å². The first-order valence-electron chi connectivity index (χ1n) is 1.97. The molecule has 0 amide bonds. The summed E-state index contributed by atoms with van der Waals surface area (Å²) in [5.74, 6) is 0. The summed E-state index contributed by atoms with van der Waals surface area (Å²) >= 11 is 4.66. The zero-order valence-corrected chi connectivity index (χ0v) is 5.05. The van der Waals surface area contributed by atoms with Crippen LogP contribution in [0.15, 0.2) is 23.6 Å². The Balaban J connectivity index is 3.32. The number of rotatable bonds is 2. The van der Waals surface area contributed by atoms with E-state index in [1.54, 1.807) is 0 Å². The van der Waals surface area contributed by atoms with Gasteiger partial charge >= 0.3 is 0 Å². The Hall–Kier alpha value is -0.430. The zero-order valence-electron chi connectivity index (χ0n) is 4.24. The first-order valence-corrected chi connectivity index (χ1v) is 2.38. The SMILES string of the molecule is C=C([CH2+])CC(=C)[S-]. The van der Waals surface area contributed by atoms with Crippen LogP contribution in [0.3, 0.4) is 0 Å². The fourth-order valence-corrected chi connectivity index (χ4v) is 0.483. The molecule has 0 aliphatic heterocycles. The third kappa shape index (κ3) is 5.57. The van der Waals surface area contributed by atoms with E-state index in [-0.39, 0.29) is 0 Å². The van der Waals surface area contributed by atoms with Crippen LogP contribution in [0.1, 0.15) is 6.42 Å². The van der Waals surface area contributed by atoms with Crippen molar-refractivity contribution in [1.82, 2.24) is 0 Å². The van der Waals surface area contributed by atoms with Crippen molar-refractivity contribution < 1.29 is 0 Å². The minimum atomic E-state index is 0.676. The average molecular weight is 112 g/mol. The molecule has 0 unspecified atom stereocenters. The monoisotopic (exact) mass is 112 g/mol. The minimum Gasteiger partial charge on any atom is -0.784 e. The Morgan fingerprint density at radius 2 is 2.00 bits per heavy atom. The summed E-state index contributed by atoms with van der Waals surface area (Å²) in [6, 6.07) is 0. The Morgan fingerprint density at radius 3 is 2.00 bits per heavy atom. The van der Waals surface area contributed by atoms with Gasteiger partial charge in [-0.2, -0.15) is 4.91 Å². The van der Waals surface area contributed by atoms with Crippen LogP contribution in [-0.4, -0.2) is 0 Å². The summed E-state index contributed by atoms with van der Waals surface area (Å²) in [5, 5.41) is 0. The largest absolute Gasteiger partial charge is 0.784 e. The van der Waals surface area contributed by atoms with E-state index >= 15 is 0 Å². The van der Waals surface area contributed by atoms with E-state index in [9.17, 15) is 0 Å². The minimum absolute atomic E-state index is 0.676. The lowest BCUT2D eigenvalue weighted by atomic mass is 10.2. The second kappa shape index (κ2) is 2.69. The maximum Gasteiger partial charge on any atom is 0.0986 e. The summed E-state index contributed by atoms with van der Waals surface area (Å²) < 4.78 is 0. The zero-order chi connectivity index (χ0) is 5.86. The van der Waals surface area contributed by atoms with Crippen LogP contribution in [0.2, 0.25) is 0 Å². The maximum absolute atomic E-state index is 4.66. The number of allylic oxidation sites excluding steroid dienone is 2. The molecule has 0 aromatic carbocycles. The molecule has 0 radical (unpaired) electrons. The molecule has 0 heterocycles. The molecular formula is C6H8S. The van der Waals surface area contributed by atoms with Crippen LogP contribution in [0.4, 0.5) is 0 Å². The predicted molar refractivity (Wildman–Crippen MR) is 35.6 cm³/mol. The molecule has 0 nitrogen and oxygen atoms in total. The molecule has 0 aromatic rings. The highest BCUT2D eigenvalue weighted by molar-refractivity contribution is 7.63. The fraction of sp³-hybridized carbons (Fsp3) is 0.167. The summed E-state index contributed by atoms with van der Waals surface area (Å²) in [5.41, 5.74) is 0.833.